The van der Waals surface area contributed by atoms with E-state index in [0.717, 1.165) is 12.2 Å². The van der Waals surface area contributed by atoms with E-state index in [9.17, 15) is 0 Å². The zero-order chi connectivity index (χ0) is 15.9. The summed E-state index contributed by atoms with van der Waals surface area (Å²) in [5, 5.41) is 0. The second kappa shape index (κ2) is 8.40. The molecule has 0 aromatic heterocycles. The number of benzene rings is 1. The lowest BCUT2D eigenvalue weighted by Gasteiger charge is -2.25. The largest absolute Gasteiger partial charge is 0.488 e. The third-order valence-electron chi connectivity index (χ3n) is 3.34. The molecule has 0 fully saturated rings. The Balaban J connectivity index is 2.86. The van der Waals surface area contributed by atoms with Crippen LogP contribution in [0.4, 0.5) is 0 Å². The van der Waals surface area contributed by atoms with Gasteiger partial charge in [-0.15, -0.1) is 0 Å². The van der Waals surface area contributed by atoms with Crippen LogP contribution < -0.4 is 4.74 Å². The molecule has 3 nitrogen and oxygen atoms in total. The molecule has 0 radical (unpaired) electrons. The van der Waals surface area contributed by atoms with Crippen molar-refractivity contribution in [2.75, 3.05) is 19.8 Å². The first kappa shape index (κ1) is 18.0. The van der Waals surface area contributed by atoms with Crippen LogP contribution in [0.25, 0.3) is 0 Å². The van der Waals surface area contributed by atoms with Crippen molar-refractivity contribution in [3.63, 3.8) is 0 Å². The summed E-state index contributed by atoms with van der Waals surface area (Å²) in [6, 6.07) is 6.43. The Morgan fingerprint density at radius 3 is 2.10 bits per heavy atom. The fourth-order valence-corrected chi connectivity index (χ4v) is 2.18. The summed E-state index contributed by atoms with van der Waals surface area (Å²) in [4.78, 5) is 0. The first-order chi connectivity index (χ1) is 9.92. The Hall–Kier alpha value is -1.06. The van der Waals surface area contributed by atoms with Gasteiger partial charge in [-0.25, -0.2) is 0 Å². The molecule has 1 rings (SSSR count). The van der Waals surface area contributed by atoms with Gasteiger partial charge < -0.3 is 14.2 Å². The lowest BCUT2D eigenvalue weighted by molar-refractivity contribution is -0.152. The molecule has 0 aliphatic rings. The lowest BCUT2D eigenvalue weighted by atomic mass is 9.85. The molecule has 0 amide bonds. The van der Waals surface area contributed by atoms with Gasteiger partial charge >= 0.3 is 0 Å². The standard InChI is InChI=1S/C18H30O3/c1-7-14-10-11-16(15(12-14)18(4,5)6)21-13-17(19-8-2)20-9-3/h10-12,17H,7-9,13H2,1-6H3. The van der Waals surface area contributed by atoms with Gasteiger partial charge in [0.05, 0.1) is 0 Å². The van der Waals surface area contributed by atoms with Crippen molar-refractivity contribution < 1.29 is 14.2 Å². The van der Waals surface area contributed by atoms with Gasteiger partial charge in [0.15, 0.2) is 6.29 Å². The fourth-order valence-electron chi connectivity index (χ4n) is 2.18. The van der Waals surface area contributed by atoms with Crippen molar-refractivity contribution in [2.24, 2.45) is 0 Å². The Bertz CT molecular complexity index is 415. The molecular formula is C18H30O3. The molecule has 21 heavy (non-hydrogen) atoms. The molecule has 120 valence electrons. The van der Waals surface area contributed by atoms with Crippen LogP contribution >= 0.6 is 0 Å². The van der Waals surface area contributed by atoms with Crippen LogP contribution in [0.3, 0.4) is 0 Å². The molecule has 1 aromatic rings. The van der Waals surface area contributed by atoms with Crippen LogP contribution in [-0.2, 0) is 21.3 Å². The average molecular weight is 294 g/mol. The van der Waals surface area contributed by atoms with Gasteiger partial charge in [0.25, 0.3) is 0 Å². The summed E-state index contributed by atoms with van der Waals surface area (Å²) in [7, 11) is 0. The average Bonchev–Trinajstić information content (AvgIpc) is 2.44. The predicted molar refractivity (Wildman–Crippen MR) is 87.1 cm³/mol. The summed E-state index contributed by atoms with van der Waals surface area (Å²) in [5.74, 6) is 0.920. The summed E-state index contributed by atoms with van der Waals surface area (Å²) in [6.07, 6.45) is 0.725. The van der Waals surface area contributed by atoms with Crippen molar-refractivity contribution in [2.45, 2.75) is 59.7 Å². The molecule has 0 heterocycles. The summed E-state index contributed by atoms with van der Waals surface area (Å²) in [5.41, 5.74) is 2.61. The third kappa shape index (κ3) is 5.68. The topological polar surface area (TPSA) is 27.7 Å². The van der Waals surface area contributed by atoms with Crippen molar-refractivity contribution in [1.82, 2.24) is 0 Å². The minimum absolute atomic E-state index is 0.0488. The molecule has 3 heteroatoms. The van der Waals surface area contributed by atoms with E-state index in [4.69, 9.17) is 14.2 Å². The van der Waals surface area contributed by atoms with E-state index < -0.39 is 0 Å². The predicted octanol–water partition coefficient (Wildman–Crippen LogP) is 4.32. The molecule has 0 atom stereocenters. The SMILES string of the molecule is CCOC(COc1ccc(CC)cc1C(C)(C)C)OCC. The maximum atomic E-state index is 5.98. The molecule has 0 saturated carbocycles. The van der Waals surface area contributed by atoms with Gasteiger partial charge in [-0.3, -0.25) is 0 Å². The van der Waals surface area contributed by atoms with Gasteiger partial charge in [0.1, 0.15) is 12.4 Å². The smallest absolute Gasteiger partial charge is 0.191 e. The highest BCUT2D eigenvalue weighted by Crippen LogP contribution is 2.32. The van der Waals surface area contributed by atoms with Gasteiger partial charge in [0.2, 0.25) is 0 Å². The highest BCUT2D eigenvalue weighted by molar-refractivity contribution is 5.41. The maximum Gasteiger partial charge on any atom is 0.191 e. The zero-order valence-electron chi connectivity index (χ0n) is 14.4. The van der Waals surface area contributed by atoms with E-state index in [2.05, 4.69) is 45.9 Å². The van der Waals surface area contributed by atoms with Crippen LogP contribution in [0.2, 0.25) is 0 Å². The number of hydrogen-bond donors (Lipinski definition) is 0. The highest BCUT2D eigenvalue weighted by Gasteiger charge is 2.20. The monoisotopic (exact) mass is 294 g/mol. The molecule has 1 aromatic carbocycles. The van der Waals surface area contributed by atoms with E-state index >= 15 is 0 Å². The Morgan fingerprint density at radius 1 is 1.00 bits per heavy atom. The Morgan fingerprint density at radius 2 is 1.62 bits per heavy atom. The number of ether oxygens (including phenoxy) is 3. The van der Waals surface area contributed by atoms with Crippen molar-refractivity contribution in [3.8, 4) is 5.75 Å². The van der Waals surface area contributed by atoms with E-state index in [0.29, 0.717) is 19.8 Å². The third-order valence-corrected chi connectivity index (χ3v) is 3.34. The summed E-state index contributed by atoms with van der Waals surface area (Å²) >= 11 is 0. The van der Waals surface area contributed by atoms with Crippen LogP contribution in [-0.4, -0.2) is 26.1 Å². The van der Waals surface area contributed by atoms with Crippen LogP contribution in [0, 0.1) is 0 Å². The van der Waals surface area contributed by atoms with E-state index in [1.165, 1.54) is 11.1 Å². The van der Waals surface area contributed by atoms with Crippen molar-refractivity contribution in [3.05, 3.63) is 29.3 Å². The summed E-state index contributed by atoms with van der Waals surface area (Å²) in [6.45, 7) is 14.4. The fraction of sp³-hybridized carbons (Fsp3) is 0.667. The van der Waals surface area contributed by atoms with Gasteiger partial charge in [-0.2, -0.15) is 0 Å². The molecule has 0 aliphatic carbocycles. The minimum atomic E-state index is -0.307. The van der Waals surface area contributed by atoms with Crippen molar-refractivity contribution in [1.29, 1.82) is 0 Å². The number of rotatable bonds is 8. The van der Waals surface area contributed by atoms with Crippen LogP contribution in [0.15, 0.2) is 18.2 Å². The van der Waals surface area contributed by atoms with E-state index in [1.54, 1.807) is 0 Å². The first-order valence-electron chi connectivity index (χ1n) is 7.91. The second-order valence-electron chi connectivity index (χ2n) is 6.09. The van der Waals surface area contributed by atoms with Gasteiger partial charge in [-0.05, 0) is 42.9 Å². The first-order valence-corrected chi connectivity index (χ1v) is 7.91. The highest BCUT2D eigenvalue weighted by atomic mass is 16.7. The molecule has 0 unspecified atom stereocenters. The van der Waals surface area contributed by atoms with Crippen molar-refractivity contribution >= 4 is 0 Å². The number of hydrogen-bond acceptors (Lipinski definition) is 3. The minimum Gasteiger partial charge on any atom is -0.488 e. The quantitative estimate of drug-likeness (QED) is 0.668. The van der Waals surface area contributed by atoms with E-state index in [-0.39, 0.29) is 11.7 Å². The molecule has 0 saturated heterocycles. The molecule has 0 bridgehead atoms. The van der Waals surface area contributed by atoms with Crippen LogP contribution in [0.1, 0.15) is 52.7 Å². The van der Waals surface area contributed by atoms with Gasteiger partial charge in [0, 0.05) is 13.2 Å². The molecular weight excluding hydrogens is 264 g/mol. The van der Waals surface area contributed by atoms with Gasteiger partial charge in [-0.1, -0.05) is 39.8 Å². The maximum absolute atomic E-state index is 5.98. The Labute approximate surface area is 129 Å². The zero-order valence-corrected chi connectivity index (χ0v) is 14.4. The molecule has 0 aliphatic heterocycles. The van der Waals surface area contributed by atoms with E-state index in [1.807, 2.05) is 13.8 Å². The molecule has 0 N–H and O–H groups in total. The lowest BCUT2D eigenvalue weighted by Crippen LogP contribution is -2.26. The Kier molecular flexibility index (Phi) is 7.20. The normalized spacial score (nSPS) is 12.0. The second-order valence-corrected chi connectivity index (χ2v) is 6.09. The van der Waals surface area contributed by atoms with Crippen LogP contribution in [0.5, 0.6) is 5.75 Å². The summed E-state index contributed by atoms with van der Waals surface area (Å²) < 4.78 is 17.0. The molecule has 0 spiro atoms. The number of aryl methyl sites for hydroxylation is 1.